The number of halogens is 1. The van der Waals surface area contributed by atoms with Crippen LogP contribution in [0.1, 0.15) is 0 Å². The highest BCUT2D eigenvalue weighted by Gasteiger charge is 1.97. The van der Waals surface area contributed by atoms with Crippen LogP contribution in [0.2, 0.25) is 0 Å². The van der Waals surface area contributed by atoms with Crippen LogP contribution in [0.15, 0.2) is 28.9 Å². The van der Waals surface area contributed by atoms with E-state index in [1.54, 1.807) is 0 Å². The lowest BCUT2D eigenvalue weighted by atomic mass is 10.2. The van der Waals surface area contributed by atoms with E-state index in [1.807, 2.05) is 24.3 Å². The van der Waals surface area contributed by atoms with Gasteiger partial charge in [0, 0.05) is 5.39 Å². The van der Waals surface area contributed by atoms with Crippen molar-refractivity contribution in [3.63, 3.8) is 0 Å². The zero-order chi connectivity index (χ0) is 7.68. The summed E-state index contributed by atoms with van der Waals surface area (Å²) < 4.78 is 0.739. The van der Waals surface area contributed by atoms with Crippen molar-refractivity contribution in [2.24, 2.45) is 0 Å². The van der Waals surface area contributed by atoms with Crippen LogP contribution in [-0.4, -0.2) is 15.4 Å². The maximum atomic E-state index is 3.85. The zero-order valence-corrected chi connectivity index (χ0v) is 7.12. The average Bonchev–Trinajstić information content (AvgIpc) is 2.06. The van der Waals surface area contributed by atoms with E-state index < -0.39 is 0 Å². The van der Waals surface area contributed by atoms with E-state index in [-0.39, 0.29) is 0 Å². The largest absolute Gasteiger partial charge is 0.139 e. The van der Waals surface area contributed by atoms with Gasteiger partial charge in [-0.15, -0.1) is 10.2 Å². The first-order valence-corrected chi connectivity index (χ1v) is 3.91. The Morgan fingerprint density at radius 1 is 1.09 bits per heavy atom. The summed E-state index contributed by atoms with van der Waals surface area (Å²) in [6, 6.07) is 7.70. The van der Waals surface area contributed by atoms with Crippen molar-refractivity contribution < 1.29 is 0 Å². The quantitative estimate of drug-likeness (QED) is 0.665. The molecule has 1 aromatic heterocycles. The predicted octanol–water partition coefficient (Wildman–Crippen LogP) is 1.79. The number of hydrogen-bond donors (Lipinski definition) is 0. The van der Waals surface area contributed by atoms with Gasteiger partial charge >= 0.3 is 0 Å². The molecule has 0 unspecified atom stereocenters. The summed E-state index contributed by atoms with van der Waals surface area (Å²) in [4.78, 5) is 0. The highest BCUT2D eigenvalue weighted by Crippen LogP contribution is 2.17. The van der Waals surface area contributed by atoms with Crippen LogP contribution >= 0.6 is 15.9 Å². The molecule has 0 N–H and O–H groups in total. The fourth-order valence-electron chi connectivity index (χ4n) is 0.899. The molecule has 54 valence electrons. The fourth-order valence-corrected chi connectivity index (χ4v) is 1.31. The summed E-state index contributed by atoms with van der Waals surface area (Å²) in [5, 5.41) is 12.2. The van der Waals surface area contributed by atoms with Crippen LogP contribution in [0.25, 0.3) is 10.9 Å². The molecule has 11 heavy (non-hydrogen) atoms. The van der Waals surface area contributed by atoms with E-state index in [2.05, 4.69) is 31.3 Å². The molecule has 0 radical (unpaired) electrons. The molecule has 2 rings (SSSR count). The van der Waals surface area contributed by atoms with E-state index in [1.165, 1.54) is 0 Å². The summed E-state index contributed by atoms with van der Waals surface area (Å²) in [5.74, 6) is 0. The molecule has 2 aromatic rings. The third-order valence-electron chi connectivity index (χ3n) is 1.41. The summed E-state index contributed by atoms with van der Waals surface area (Å²) in [5.41, 5.74) is 0.856. The van der Waals surface area contributed by atoms with Crippen molar-refractivity contribution in [2.75, 3.05) is 0 Å². The van der Waals surface area contributed by atoms with E-state index in [0.29, 0.717) is 0 Å². The standard InChI is InChI=1S/C7H4BrN3/c8-7-5-3-1-2-4-6(5)9-11-10-7/h1-4H. The van der Waals surface area contributed by atoms with Crippen molar-refractivity contribution >= 4 is 26.8 Å². The molecule has 0 fully saturated rings. The zero-order valence-electron chi connectivity index (χ0n) is 5.53. The van der Waals surface area contributed by atoms with Gasteiger partial charge in [0.2, 0.25) is 0 Å². The normalized spacial score (nSPS) is 10.3. The van der Waals surface area contributed by atoms with Crippen molar-refractivity contribution in [2.45, 2.75) is 0 Å². The topological polar surface area (TPSA) is 38.7 Å². The second-order valence-electron chi connectivity index (χ2n) is 2.10. The summed E-state index contributed by atoms with van der Waals surface area (Å²) in [7, 11) is 0. The third-order valence-corrected chi connectivity index (χ3v) is 2.00. The van der Waals surface area contributed by atoms with Crippen LogP contribution in [0.5, 0.6) is 0 Å². The molecule has 0 bridgehead atoms. The number of aromatic nitrogens is 3. The summed E-state index contributed by atoms with van der Waals surface area (Å²) in [6.07, 6.45) is 0. The second-order valence-corrected chi connectivity index (χ2v) is 2.85. The van der Waals surface area contributed by atoms with Gasteiger partial charge in [-0.05, 0) is 33.3 Å². The molecule has 1 heterocycles. The Morgan fingerprint density at radius 2 is 1.91 bits per heavy atom. The van der Waals surface area contributed by atoms with E-state index >= 15 is 0 Å². The molecule has 0 atom stereocenters. The molecule has 4 heteroatoms. The summed E-state index contributed by atoms with van der Waals surface area (Å²) in [6.45, 7) is 0. The predicted molar refractivity (Wildman–Crippen MR) is 45.0 cm³/mol. The Morgan fingerprint density at radius 3 is 2.73 bits per heavy atom. The van der Waals surface area contributed by atoms with Crippen molar-refractivity contribution in [1.29, 1.82) is 0 Å². The molecule has 3 nitrogen and oxygen atoms in total. The van der Waals surface area contributed by atoms with Gasteiger partial charge in [-0.25, -0.2) is 0 Å². The van der Waals surface area contributed by atoms with E-state index in [0.717, 1.165) is 15.5 Å². The minimum absolute atomic E-state index is 0.739. The lowest BCUT2D eigenvalue weighted by Gasteiger charge is -1.93. The first-order chi connectivity index (χ1) is 5.38. The molecule has 0 aliphatic carbocycles. The van der Waals surface area contributed by atoms with Gasteiger partial charge in [0.25, 0.3) is 0 Å². The molecule has 0 spiro atoms. The van der Waals surface area contributed by atoms with Crippen LogP contribution in [0.3, 0.4) is 0 Å². The third kappa shape index (κ3) is 1.09. The van der Waals surface area contributed by atoms with Crippen LogP contribution in [0, 0.1) is 0 Å². The van der Waals surface area contributed by atoms with Gasteiger partial charge in [0.1, 0.15) is 4.60 Å². The van der Waals surface area contributed by atoms with E-state index in [9.17, 15) is 0 Å². The summed E-state index contributed by atoms with van der Waals surface area (Å²) >= 11 is 3.28. The van der Waals surface area contributed by atoms with Crippen molar-refractivity contribution in [3.05, 3.63) is 28.9 Å². The van der Waals surface area contributed by atoms with Gasteiger partial charge in [-0.3, -0.25) is 0 Å². The monoisotopic (exact) mass is 209 g/mol. The second kappa shape index (κ2) is 2.54. The maximum Gasteiger partial charge on any atom is 0.139 e. The van der Waals surface area contributed by atoms with Crippen LogP contribution in [0.4, 0.5) is 0 Å². The van der Waals surface area contributed by atoms with Gasteiger partial charge in [-0.2, -0.15) is 0 Å². The van der Waals surface area contributed by atoms with Crippen molar-refractivity contribution in [1.82, 2.24) is 15.4 Å². The van der Waals surface area contributed by atoms with E-state index in [4.69, 9.17) is 0 Å². The van der Waals surface area contributed by atoms with Gasteiger partial charge in [0.05, 0.1) is 5.52 Å². The Hall–Kier alpha value is -1.03. The first kappa shape index (κ1) is 6.67. The molecule has 0 saturated carbocycles. The van der Waals surface area contributed by atoms with Gasteiger partial charge < -0.3 is 0 Å². The molecule has 0 aliphatic heterocycles. The fraction of sp³-hybridized carbons (Fsp3) is 0. The molecule has 0 saturated heterocycles. The minimum atomic E-state index is 0.739. The Labute approximate surface area is 71.6 Å². The molecule has 0 amide bonds. The number of hydrogen-bond acceptors (Lipinski definition) is 3. The molecule has 1 aromatic carbocycles. The molecular weight excluding hydrogens is 206 g/mol. The first-order valence-electron chi connectivity index (χ1n) is 3.11. The molecular formula is C7H4BrN3. The highest BCUT2D eigenvalue weighted by atomic mass is 79.9. The number of rotatable bonds is 0. The Bertz CT molecular complexity index is 383. The van der Waals surface area contributed by atoms with Crippen molar-refractivity contribution in [3.8, 4) is 0 Å². The number of fused-ring (bicyclic) bond motifs is 1. The lowest BCUT2D eigenvalue weighted by Crippen LogP contribution is -1.88. The Balaban J connectivity index is 2.91. The maximum absolute atomic E-state index is 3.85. The van der Waals surface area contributed by atoms with Gasteiger partial charge in [-0.1, -0.05) is 12.1 Å². The SMILES string of the molecule is Brc1nnnc2ccccc12. The van der Waals surface area contributed by atoms with Gasteiger partial charge in [0.15, 0.2) is 0 Å². The minimum Gasteiger partial charge on any atom is -0.130 e. The van der Waals surface area contributed by atoms with Crippen LogP contribution in [-0.2, 0) is 0 Å². The Kier molecular flexibility index (Phi) is 1.54. The lowest BCUT2D eigenvalue weighted by molar-refractivity contribution is 0.881. The van der Waals surface area contributed by atoms with Crippen LogP contribution < -0.4 is 0 Å². The highest BCUT2D eigenvalue weighted by molar-refractivity contribution is 9.10. The smallest absolute Gasteiger partial charge is 0.130 e. The molecule has 0 aliphatic rings. The number of nitrogens with zero attached hydrogens (tertiary/aromatic N) is 3. The average molecular weight is 210 g/mol. The number of benzene rings is 1.